The first-order chi connectivity index (χ1) is 28.7. The van der Waals surface area contributed by atoms with Crippen molar-refractivity contribution in [1.82, 2.24) is 9.97 Å². The van der Waals surface area contributed by atoms with Crippen LogP contribution in [0.4, 0.5) is 0 Å². The molecule has 0 bridgehead atoms. The highest BCUT2D eigenvalue weighted by atomic mass is 16.3. The van der Waals surface area contributed by atoms with Crippen LogP contribution < -0.4 is 0 Å². The summed E-state index contributed by atoms with van der Waals surface area (Å²) in [5.41, 5.74) is 12.9. The molecule has 1 aliphatic carbocycles. The molecule has 1 atom stereocenters. The fraction of sp³-hybridized carbons (Fsp3) is 0.0545. The smallest absolute Gasteiger partial charge is 0.143 e. The molecule has 0 spiro atoms. The Bertz CT molecular complexity index is 3240. The lowest BCUT2D eigenvalue weighted by Gasteiger charge is -2.15. The molecule has 3 nitrogen and oxygen atoms in total. The van der Waals surface area contributed by atoms with Gasteiger partial charge in [0.15, 0.2) is 0 Å². The number of aromatic nitrogens is 2. The largest absolute Gasteiger partial charge is 0.455 e. The molecule has 1 unspecified atom stereocenters. The number of hydrogen-bond donors (Lipinski definition) is 0. The third-order valence-corrected chi connectivity index (χ3v) is 11.6. The van der Waals surface area contributed by atoms with Crippen LogP contribution in [0.3, 0.4) is 0 Å². The molecular formula is C55H38N2O. The number of hydrogen-bond acceptors (Lipinski definition) is 3. The van der Waals surface area contributed by atoms with Gasteiger partial charge in [-0.3, -0.25) is 0 Å². The van der Waals surface area contributed by atoms with Crippen molar-refractivity contribution in [1.29, 1.82) is 0 Å². The predicted molar refractivity (Wildman–Crippen MR) is 242 cm³/mol. The van der Waals surface area contributed by atoms with Crippen molar-refractivity contribution >= 4 is 43.5 Å². The maximum absolute atomic E-state index is 6.66. The van der Waals surface area contributed by atoms with Gasteiger partial charge >= 0.3 is 0 Å². The second kappa shape index (κ2) is 14.3. The first-order valence-electron chi connectivity index (χ1n) is 20.1. The summed E-state index contributed by atoms with van der Waals surface area (Å²) in [6.07, 6.45) is 10.7. The van der Waals surface area contributed by atoms with Crippen LogP contribution >= 0.6 is 0 Å². The van der Waals surface area contributed by atoms with Gasteiger partial charge in [-0.2, -0.15) is 0 Å². The summed E-state index contributed by atoms with van der Waals surface area (Å²) in [6, 6.07) is 62.9. The van der Waals surface area contributed by atoms with E-state index in [1.54, 1.807) is 0 Å². The Morgan fingerprint density at radius 2 is 1.09 bits per heavy atom. The maximum atomic E-state index is 6.66. The summed E-state index contributed by atoms with van der Waals surface area (Å²) in [6.45, 7) is 0. The quantitative estimate of drug-likeness (QED) is 0.170. The SMILES string of the molecule is C1=CCCC(c2nc(-c3ccccc3)cc(-c3cccc(-c4cccc(-c5cc6c7cc(-c8cccc9ccccc89)ccc7oc6c6ccccc56)c4)c3)n2)C=C1. The monoisotopic (exact) mass is 742 g/mol. The molecule has 11 rings (SSSR count). The van der Waals surface area contributed by atoms with Crippen molar-refractivity contribution in [2.24, 2.45) is 0 Å². The zero-order chi connectivity index (χ0) is 38.4. The molecular weight excluding hydrogens is 705 g/mol. The zero-order valence-corrected chi connectivity index (χ0v) is 31.8. The van der Waals surface area contributed by atoms with Gasteiger partial charge < -0.3 is 4.42 Å². The van der Waals surface area contributed by atoms with Gasteiger partial charge in [0.1, 0.15) is 17.0 Å². The molecule has 0 fully saturated rings. The van der Waals surface area contributed by atoms with E-state index in [1.807, 2.05) is 6.07 Å². The summed E-state index contributed by atoms with van der Waals surface area (Å²) in [5.74, 6) is 1.02. The Kier molecular flexibility index (Phi) is 8.36. The van der Waals surface area contributed by atoms with E-state index in [9.17, 15) is 0 Å². The molecule has 274 valence electrons. The number of nitrogens with zero attached hydrogens (tertiary/aromatic N) is 2. The van der Waals surface area contributed by atoms with Crippen LogP contribution in [0.2, 0.25) is 0 Å². The van der Waals surface area contributed by atoms with Gasteiger partial charge in [0.25, 0.3) is 0 Å². The lowest BCUT2D eigenvalue weighted by molar-refractivity contribution is 0.673. The Morgan fingerprint density at radius 1 is 0.431 bits per heavy atom. The highest BCUT2D eigenvalue weighted by Gasteiger charge is 2.19. The second-order valence-corrected chi connectivity index (χ2v) is 15.2. The summed E-state index contributed by atoms with van der Waals surface area (Å²) >= 11 is 0. The molecule has 2 aromatic heterocycles. The molecule has 0 N–H and O–H groups in total. The summed E-state index contributed by atoms with van der Waals surface area (Å²) < 4.78 is 6.66. The molecule has 58 heavy (non-hydrogen) atoms. The van der Waals surface area contributed by atoms with Crippen LogP contribution in [0.1, 0.15) is 24.6 Å². The van der Waals surface area contributed by atoms with E-state index in [2.05, 4.69) is 194 Å². The van der Waals surface area contributed by atoms with Crippen molar-refractivity contribution in [3.63, 3.8) is 0 Å². The molecule has 0 amide bonds. The molecule has 0 saturated carbocycles. The van der Waals surface area contributed by atoms with E-state index in [0.29, 0.717) is 0 Å². The van der Waals surface area contributed by atoms with Crippen molar-refractivity contribution in [2.45, 2.75) is 18.8 Å². The standard InChI is InChI=1S/C55H38N2O/c1-2-5-19-38(18-4-1)55-56-51(37-16-6-3-7-17-37)35-52(57-55)43-24-13-22-40(32-43)39-21-12-23-41(31-39)48-34-50-49-33-42(45-28-14-20-36-15-8-9-25-44(36)45)29-30-53(49)58-54(50)47-27-11-10-26-46(47)48/h1-4,6-18,20-35,38H,5,19H2. The predicted octanol–water partition coefficient (Wildman–Crippen LogP) is 15.0. The Balaban J connectivity index is 1.02. The first-order valence-corrected chi connectivity index (χ1v) is 20.1. The topological polar surface area (TPSA) is 38.9 Å². The number of rotatable bonds is 6. The fourth-order valence-corrected chi connectivity index (χ4v) is 8.70. The minimum absolute atomic E-state index is 0.154. The van der Waals surface area contributed by atoms with Crippen molar-refractivity contribution in [3.8, 4) is 55.9 Å². The molecule has 0 radical (unpaired) electrons. The van der Waals surface area contributed by atoms with Crippen LogP contribution in [-0.4, -0.2) is 9.97 Å². The maximum Gasteiger partial charge on any atom is 0.143 e. The lowest BCUT2D eigenvalue weighted by Crippen LogP contribution is -2.04. The molecule has 0 saturated heterocycles. The highest BCUT2D eigenvalue weighted by molar-refractivity contribution is 6.20. The van der Waals surface area contributed by atoms with Crippen LogP contribution in [-0.2, 0) is 0 Å². The third-order valence-electron chi connectivity index (χ3n) is 11.6. The second-order valence-electron chi connectivity index (χ2n) is 15.2. The minimum atomic E-state index is 0.154. The van der Waals surface area contributed by atoms with Gasteiger partial charge in [-0.05, 0) is 98.8 Å². The lowest BCUT2D eigenvalue weighted by atomic mass is 9.92. The molecule has 3 heteroatoms. The van der Waals surface area contributed by atoms with Crippen LogP contribution in [0, 0.1) is 0 Å². The van der Waals surface area contributed by atoms with Crippen molar-refractivity contribution < 1.29 is 4.42 Å². The van der Waals surface area contributed by atoms with Gasteiger partial charge in [0, 0.05) is 33.2 Å². The Labute approximate surface area is 337 Å². The number of furan rings is 1. The molecule has 0 aliphatic heterocycles. The Hall–Kier alpha value is -7.36. The zero-order valence-electron chi connectivity index (χ0n) is 31.8. The van der Waals surface area contributed by atoms with Gasteiger partial charge in [-0.25, -0.2) is 9.97 Å². The minimum Gasteiger partial charge on any atom is -0.455 e. The summed E-state index contributed by atoms with van der Waals surface area (Å²) in [7, 11) is 0. The fourth-order valence-electron chi connectivity index (χ4n) is 8.70. The van der Waals surface area contributed by atoms with Crippen LogP contribution in [0.25, 0.3) is 99.4 Å². The molecule has 8 aromatic carbocycles. The van der Waals surface area contributed by atoms with Gasteiger partial charge in [-0.1, -0.05) is 164 Å². The van der Waals surface area contributed by atoms with Gasteiger partial charge in [-0.15, -0.1) is 0 Å². The van der Waals surface area contributed by atoms with Crippen molar-refractivity contribution in [2.75, 3.05) is 0 Å². The summed E-state index contributed by atoms with van der Waals surface area (Å²) in [5, 5.41) is 6.99. The average Bonchev–Trinajstić information content (AvgIpc) is 3.44. The number of allylic oxidation sites excluding steroid dienone is 4. The average molecular weight is 743 g/mol. The van der Waals surface area contributed by atoms with Gasteiger partial charge in [0.2, 0.25) is 0 Å². The van der Waals surface area contributed by atoms with E-state index in [-0.39, 0.29) is 5.92 Å². The highest BCUT2D eigenvalue weighted by Crippen LogP contribution is 2.42. The third kappa shape index (κ3) is 6.09. The van der Waals surface area contributed by atoms with Crippen LogP contribution in [0.5, 0.6) is 0 Å². The van der Waals surface area contributed by atoms with Gasteiger partial charge in [0.05, 0.1) is 11.4 Å². The first kappa shape index (κ1) is 33.9. The molecule has 10 aromatic rings. The summed E-state index contributed by atoms with van der Waals surface area (Å²) in [4.78, 5) is 10.3. The molecule has 2 heterocycles. The van der Waals surface area contributed by atoms with E-state index < -0.39 is 0 Å². The van der Waals surface area contributed by atoms with E-state index in [1.165, 1.54) is 32.8 Å². The number of benzene rings is 8. The van der Waals surface area contributed by atoms with E-state index in [4.69, 9.17) is 14.4 Å². The van der Waals surface area contributed by atoms with Crippen LogP contribution in [0.15, 0.2) is 205 Å². The van der Waals surface area contributed by atoms with E-state index in [0.717, 1.165) is 85.2 Å². The van der Waals surface area contributed by atoms with Crippen molar-refractivity contribution in [3.05, 3.63) is 206 Å². The normalized spacial score (nSPS) is 14.1. The van der Waals surface area contributed by atoms with E-state index >= 15 is 0 Å². The molecule has 1 aliphatic rings. The Morgan fingerprint density at radius 3 is 1.95 bits per heavy atom. The number of fused-ring (bicyclic) bond motifs is 6.